The SMILES string of the molecule is Cc1ccnc(NS(=O)(=O)c2ccc(NC(=O)CCCC(=O)c3ccccc3)cc2)n1. The lowest BCUT2D eigenvalue weighted by Gasteiger charge is -2.09. The molecule has 0 saturated carbocycles. The number of nitrogens with one attached hydrogen (secondary N) is 2. The van der Waals surface area contributed by atoms with E-state index in [1.54, 1.807) is 37.3 Å². The van der Waals surface area contributed by atoms with Crippen molar-refractivity contribution in [1.29, 1.82) is 0 Å². The lowest BCUT2D eigenvalue weighted by molar-refractivity contribution is -0.116. The zero-order valence-electron chi connectivity index (χ0n) is 16.9. The second-order valence-electron chi connectivity index (χ2n) is 6.84. The molecular formula is C22H22N4O4S. The van der Waals surface area contributed by atoms with E-state index >= 15 is 0 Å². The van der Waals surface area contributed by atoms with Gasteiger partial charge in [0.05, 0.1) is 4.90 Å². The zero-order chi connectivity index (χ0) is 22.3. The molecule has 0 radical (unpaired) electrons. The van der Waals surface area contributed by atoms with Crippen LogP contribution in [0, 0.1) is 6.92 Å². The first-order chi connectivity index (χ1) is 14.8. The van der Waals surface area contributed by atoms with E-state index in [2.05, 4.69) is 20.0 Å². The summed E-state index contributed by atoms with van der Waals surface area (Å²) < 4.78 is 27.2. The molecule has 1 heterocycles. The molecule has 31 heavy (non-hydrogen) atoms. The molecule has 0 aliphatic heterocycles. The van der Waals surface area contributed by atoms with Gasteiger partial charge < -0.3 is 5.32 Å². The van der Waals surface area contributed by atoms with E-state index in [1.165, 1.54) is 30.5 Å². The van der Waals surface area contributed by atoms with E-state index in [0.29, 0.717) is 23.4 Å². The Bertz CT molecular complexity index is 1160. The van der Waals surface area contributed by atoms with Gasteiger partial charge in [0.25, 0.3) is 10.0 Å². The molecule has 1 aromatic heterocycles. The van der Waals surface area contributed by atoms with Crippen LogP contribution in [-0.4, -0.2) is 30.1 Å². The minimum Gasteiger partial charge on any atom is -0.326 e. The summed E-state index contributed by atoms with van der Waals surface area (Å²) in [5.41, 5.74) is 1.73. The van der Waals surface area contributed by atoms with Crippen molar-refractivity contribution in [2.75, 3.05) is 10.0 Å². The number of aromatic nitrogens is 2. The van der Waals surface area contributed by atoms with E-state index in [0.717, 1.165) is 0 Å². The van der Waals surface area contributed by atoms with Gasteiger partial charge in [-0.25, -0.2) is 23.1 Å². The van der Waals surface area contributed by atoms with Crippen molar-refractivity contribution < 1.29 is 18.0 Å². The monoisotopic (exact) mass is 438 g/mol. The lowest BCUT2D eigenvalue weighted by Crippen LogP contribution is -2.16. The first-order valence-corrected chi connectivity index (χ1v) is 11.1. The van der Waals surface area contributed by atoms with Gasteiger partial charge in [0.15, 0.2) is 5.78 Å². The molecule has 0 saturated heterocycles. The number of carbonyl (C=O) groups excluding carboxylic acids is 2. The Morgan fingerprint density at radius 2 is 1.65 bits per heavy atom. The fourth-order valence-corrected chi connectivity index (χ4v) is 3.75. The average molecular weight is 439 g/mol. The predicted octanol–water partition coefficient (Wildman–Crippen LogP) is 3.58. The van der Waals surface area contributed by atoms with Gasteiger partial charge in [-0.1, -0.05) is 30.3 Å². The van der Waals surface area contributed by atoms with Crippen molar-refractivity contribution in [3.05, 3.63) is 78.1 Å². The maximum Gasteiger partial charge on any atom is 0.264 e. The number of carbonyl (C=O) groups is 2. The maximum absolute atomic E-state index is 12.5. The summed E-state index contributed by atoms with van der Waals surface area (Å²) in [5, 5.41) is 2.70. The van der Waals surface area contributed by atoms with Gasteiger partial charge in [-0.3, -0.25) is 9.59 Å². The van der Waals surface area contributed by atoms with Gasteiger partial charge in [0, 0.05) is 36.0 Å². The van der Waals surface area contributed by atoms with Crippen LogP contribution in [0.2, 0.25) is 0 Å². The Morgan fingerprint density at radius 3 is 2.32 bits per heavy atom. The zero-order valence-corrected chi connectivity index (χ0v) is 17.7. The molecular weight excluding hydrogens is 416 g/mol. The van der Waals surface area contributed by atoms with Gasteiger partial charge in [-0.2, -0.15) is 0 Å². The molecule has 2 N–H and O–H groups in total. The molecule has 3 rings (SSSR count). The summed E-state index contributed by atoms with van der Waals surface area (Å²) in [6, 6.07) is 16.4. The largest absolute Gasteiger partial charge is 0.326 e. The van der Waals surface area contributed by atoms with Crippen LogP contribution in [0.5, 0.6) is 0 Å². The van der Waals surface area contributed by atoms with Crippen molar-refractivity contribution in [2.24, 2.45) is 0 Å². The number of sulfonamides is 1. The van der Waals surface area contributed by atoms with Crippen LogP contribution < -0.4 is 10.0 Å². The summed E-state index contributed by atoms with van der Waals surface area (Å²) in [6.45, 7) is 1.73. The summed E-state index contributed by atoms with van der Waals surface area (Å²) in [4.78, 5) is 32.1. The molecule has 160 valence electrons. The lowest BCUT2D eigenvalue weighted by atomic mass is 10.1. The number of rotatable bonds is 9. The van der Waals surface area contributed by atoms with Crippen LogP contribution in [0.1, 0.15) is 35.3 Å². The van der Waals surface area contributed by atoms with Crippen molar-refractivity contribution in [3.8, 4) is 0 Å². The second-order valence-corrected chi connectivity index (χ2v) is 8.52. The summed E-state index contributed by atoms with van der Waals surface area (Å²) in [5.74, 6) is -0.266. The van der Waals surface area contributed by atoms with Crippen LogP contribution >= 0.6 is 0 Å². The maximum atomic E-state index is 12.5. The summed E-state index contributed by atoms with van der Waals surface area (Å²) in [7, 11) is -3.85. The van der Waals surface area contributed by atoms with Crippen molar-refractivity contribution >= 4 is 33.3 Å². The molecule has 0 aliphatic rings. The molecule has 0 unspecified atom stereocenters. The molecule has 1 amide bonds. The van der Waals surface area contributed by atoms with Crippen LogP contribution in [-0.2, 0) is 14.8 Å². The number of hydrogen-bond donors (Lipinski definition) is 2. The van der Waals surface area contributed by atoms with E-state index in [-0.39, 0.29) is 35.4 Å². The number of hydrogen-bond acceptors (Lipinski definition) is 6. The number of benzene rings is 2. The van der Waals surface area contributed by atoms with Gasteiger partial charge >= 0.3 is 0 Å². The van der Waals surface area contributed by atoms with Crippen LogP contribution in [0.3, 0.4) is 0 Å². The number of aryl methyl sites for hydroxylation is 1. The molecule has 0 bridgehead atoms. The standard InChI is InChI=1S/C22H22N4O4S/c1-16-14-15-23-22(24-16)26-31(29,30)19-12-10-18(11-13-19)25-21(28)9-5-8-20(27)17-6-3-2-4-7-17/h2-4,6-7,10-15H,5,8-9H2,1H3,(H,25,28)(H,23,24,26). The highest BCUT2D eigenvalue weighted by atomic mass is 32.2. The third kappa shape index (κ3) is 6.45. The topological polar surface area (TPSA) is 118 Å². The van der Waals surface area contributed by atoms with Gasteiger partial charge in [-0.15, -0.1) is 0 Å². The molecule has 0 fully saturated rings. The molecule has 0 atom stereocenters. The highest BCUT2D eigenvalue weighted by Gasteiger charge is 2.16. The predicted molar refractivity (Wildman–Crippen MR) is 117 cm³/mol. The number of Topliss-reactive ketones (excluding diaryl/α,β-unsaturated/α-hetero) is 1. The minimum absolute atomic E-state index is 0.00644. The first-order valence-electron chi connectivity index (χ1n) is 9.64. The third-order valence-electron chi connectivity index (χ3n) is 4.37. The van der Waals surface area contributed by atoms with E-state index in [4.69, 9.17) is 0 Å². The van der Waals surface area contributed by atoms with E-state index < -0.39 is 10.0 Å². The summed E-state index contributed by atoms with van der Waals surface area (Å²) >= 11 is 0. The molecule has 8 nitrogen and oxygen atoms in total. The highest BCUT2D eigenvalue weighted by Crippen LogP contribution is 2.17. The molecule has 0 spiro atoms. The normalized spacial score (nSPS) is 11.0. The van der Waals surface area contributed by atoms with Gasteiger partial charge in [-0.05, 0) is 43.7 Å². The van der Waals surface area contributed by atoms with Gasteiger partial charge in [0.1, 0.15) is 0 Å². The van der Waals surface area contributed by atoms with Crippen LogP contribution in [0.15, 0.2) is 71.8 Å². The minimum atomic E-state index is -3.85. The Hall–Kier alpha value is -3.59. The number of amides is 1. The Morgan fingerprint density at radius 1 is 0.935 bits per heavy atom. The van der Waals surface area contributed by atoms with E-state index in [9.17, 15) is 18.0 Å². The van der Waals surface area contributed by atoms with Crippen LogP contribution in [0.25, 0.3) is 0 Å². The average Bonchev–Trinajstić information content (AvgIpc) is 2.74. The van der Waals surface area contributed by atoms with Crippen LogP contribution in [0.4, 0.5) is 11.6 Å². The van der Waals surface area contributed by atoms with Crippen molar-refractivity contribution in [1.82, 2.24) is 9.97 Å². The Labute approximate surface area is 180 Å². The smallest absolute Gasteiger partial charge is 0.264 e. The summed E-state index contributed by atoms with van der Waals surface area (Å²) in [6.07, 6.45) is 2.35. The number of nitrogens with zero attached hydrogens (tertiary/aromatic N) is 2. The quantitative estimate of drug-likeness (QED) is 0.493. The highest BCUT2D eigenvalue weighted by molar-refractivity contribution is 7.92. The van der Waals surface area contributed by atoms with Gasteiger partial charge in [0.2, 0.25) is 11.9 Å². The Balaban J connectivity index is 1.51. The third-order valence-corrected chi connectivity index (χ3v) is 5.72. The molecule has 2 aromatic carbocycles. The van der Waals surface area contributed by atoms with Crippen molar-refractivity contribution in [3.63, 3.8) is 0 Å². The molecule has 9 heteroatoms. The number of anilines is 2. The number of ketones is 1. The molecule has 0 aliphatic carbocycles. The fourth-order valence-electron chi connectivity index (χ4n) is 2.80. The first kappa shape index (κ1) is 22.1. The molecule has 3 aromatic rings. The van der Waals surface area contributed by atoms with E-state index in [1.807, 2.05) is 6.07 Å². The van der Waals surface area contributed by atoms with Crippen molar-refractivity contribution in [2.45, 2.75) is 31.1 Å². The Kier molecular flexibility index (Phi) is 7.09. The fraction of sp³-hybridized carbons (Fsp3) is 0.182. The second kappa shape index (κ2) is 9.94.